The minimum absolute atomic E-state index is 0.0482. The van der Waals surface area contributed by atoms with Gasteiger partial charge in [-0.05, 0) is 13.8 Å². The fraction of sp³-hybridized carbons (Fsp3) is 0.583. The predicted octanol–water partition coefficient (Wildman–Crippen LogP) is 1.12. The van der Waals surface area contributed by atoms with Crippen LogP contribution in [0.2, 0.25) is 0 Å². The van der Waals surface area contributed by atoms with Crippen molar-refractivity contribution in [2.24, 2.45) is 0 Å². The van der Waals surface area contributed by atoms with Crippen molar-refractivity contribution in [1.82, 2.24) is 19.3 Å². The molecular formula is C12H18N4O3S2. The molecule has 1 atom stereocenters. The highest BCUT2D eigenvalue weighted by atomic mass is 32.2. The summed E-state index contributed by atoms with van der Waals surface area (Å²) in [6.07, 6.45) is 1.65. The summed E-state index contributed by atoms with van der Waals surface area (Å²) < 4.78 is 15.1. The maximum absolute atomic E-state index is 11.4. The van der Waals surface area contributed by atoms with Gasteiger partial charge in [-0.1, -0.05) is 11.8 Å². The van der Waals surface area contributed by atoms with Crippen LogP contribution in [0.15, 0.2) is 5.16 Å². The van der Waals surface area contributed by atoms with E-state index in [-0.39, 0.29) is 5.75 Å². The van der Waals surface area contributed by atoms with E-state index in [0.717, 1.165) is 16.9 Å². The molecule has 0 aromatic carbocycles. The Morgan fingerprint density at radius 1 is 1.48 bits per heavy atom. The van der Waals surface area contributed by atoms with Crippen LogP contribution in [0.4, 0.5) is 0 Å². The number of aryl methyl sites for hydroxylation is 3. The van der Waals surface area contributed by atoms with Crippen LogP contribution in [0, 0.1) is 6.92 Å². The maximum Gasteiger partial charge on any atom is 0.313 e. The Labute approximate surface area is 129 Å². The van der Waals surface area contributed by atoms with Crippen LogP contribution in [0.5, 0.6) is 0 Å². The van der Waals surface area contributed by atoms with Crippen molar-refractivity contribution in [3.63, 3.8) is 0 Å². The Kier molecular flexibility index (Phi) is 5.04. The molecule has 116 valence electrons. The van der Waals surface area contributed by atoms with Gasteiger partial charge in [0.25, 0.3) is 0 Å². The second-order valence-electron chi connectivity index (χ2n) is 4.58. The first-order valence-electron chi connectivity index (χ1n) is 6.52. The molecule has 2 rings (SSSR count). The van der Waals surface area contributed by atoms with Gasteiger partial charge in [0.1, 0.15) is 5.52 Å². The molecule has 2 aromatic rings. The highest BCUT2D eigenvalue weighted by Crippen LogP contribution is 2.26. The van der Waals surface area contributed by atoms with Crippen molar-refractivity contribution in [3.8, 4) is 0 Å². The normalized spacial score (nSPS) is 12.9. The molecule has 1 unspecified atom stereocenters. The van der Waals surface area contributed by atoms with Crippen LogP contribution < -0.4 is 0 Å². The molecule has 1 N–H and O–H groups in total. The molecule has 21 heavy (non-hydrogen) atoms. The first kappa shape index (κ1) is 16.0. The Balaban J connectivity index is 2.47. The number of hydrogen-bond donors (Lipinski definition) is 1. The summed E-state index contributed by atoms with van der Waals surface area (Å²) in [4.78, 5) is 15.3. The molecule has 0 aliphatic carbocycles. The highest BCUT2D eigenvalue weighted by molar-refractivity contribution is 7.99. The number of fused-ring (bicyclic) bond motifs is 1. The van der Waals surface area contributed by atoms with E-state index in [4.69, 9.17) is 5.11 Å². The Morgan fingerprint density at radius 3 is 2.76 bits per heavy atom. The molecule has 0 bridgehead atoms. The van der Waals surface area contributed by atoms with Gasteiger partial charge >= 0.3 is 5.97 Å². The molecule has 0 saturated carbocycles. The van der Waals surface area contributed by atoms with Crippen LogP contribution >= 0.6 is 11.8 Å². The largest absolute Gasteiger partial charge is 0.481 e. The van der Waals surface area contributed by atoms with Crippen molar-refractivity contribution in [1.29, 1.82) is 0 Å². The quantitative estimate of drug-likeness (QED) is 0.765. The zero-order chi connectivity index (χ0) is 15.6. The molecule has 0 amide bonds. The number of carbonyl (C=O) groups is 1. The summed E-state index contributed by atoms with van der Waals surface area (Å²) in [6.45, 7) is 5.11. The van der Waals surface area contributed by atoms with Gasteiger partial charge in [0, 0.05) is 35.9 Å². The van der Waals surface area contributed by atoms with Crippen LogP contribution in [-0.2, 0) is 28.7 Å². The van der Waals surface area contributed by atoms with E-state index < -0.39 is 16.8 Å². The minimum Gasteiger partial charge on any atom is -0.481 e. The topological polar surface area (TPSA) is 90.0 Å². The maximum atomic E-state index is 11.4. The fourth-order valence-electron chi connectivity index (χ4n) is 2.08. The van der Waals surface area contributed by atoms with Crippen molar-refractivity contribution in [2.75, 3.05) is 17.8 Å². The number of carboxylic acids is 1. The molecule has 0 aliphatic rings. The summed E-state index contributed by atoms with van der Waals surface area (Å²) in [6, 6.07) is 0. The van der Waals surface area contributed by atoms with Gasteiger partial charge < -0.3 is 9.67 Å². The highest BCUT2D eigenvalue weighted by Gasteiger charge is 2.19. The van der Waals surface area contributed by atoms with Gasteiger partial charge in [0.15, 0.2) is 10.8 Å². The number of rotatable bonds is 7. The van der Waals surface area contributed by atoms with Crippen molar-refractivity contribution in [3.05, 3.63) is 5.69 Å². The van der Waals surface area contributed by atoms with E-state index in [2.05, 4.69) is 10.1 Å². The third-order valence-corrected chi connectivity index (χ3v) is 4.71. The Bertz CT molecular complexity index is 692. The molecule has 0 saturated heterocycles. The van der Waals surface area contributed by atoms with E-state index in [0.29, 0.717) is 24.0 Å². The van der Waals surface area contributed by atoms with E-state index in [1.165, 1.54) is 11.8 Å². The number of aliphatic carboxylic acids is 1. The second-order valence-corrected chi connectivity index (χ2v) is 7.08. The summed E-state index contributed by atoms with van der Waals surface area (Å²) in [5.41, 5.74) is 2.47. The van der Waals surface area contributed by atoms with Crippen molar-refractivity contribution >= 4 is 39.7 Å². The number of carboxylic acid groups (broad SMARTS) is 1. The van der Waals surface area contributed by atoms with Gasteiger partial charge in [0.2, 0.25) is 0 Å². The van der Waals surface area contributed by atoms with Crippen LogP contribution in [0.25, 0.3) is 11.2 Å². The number of imidazole rings is 1. The third kappa shape index (κ3) is 3.46. The summed E-state index contributed by atoms with van der Waals surface area (Å²) in [5.74, 6) is -0.431. The summed E-state index contributed by atoms with van der Waals surface area (Å²) in [5, 5.41) is 13.9. The average molecular weight is 330 g/mol. The standard InChI is InChI=1S/C12H18N4O3S2/c1-4-16-11-10(8(2)14-16)13-12(20-7-9(17)18)15(11)5-6-21(3)19/h4-7H2,1-3H3,(H,17,18). The number of thioether (sulfide) groups is 1. The zero-order valence-corrected chi connectivity index (χ0v) is 13.8. The lowest BCUT2D eigenvalue weighted by Gasteiger charge is -2.08. The lowest BCUT2D eigenvalue weighted by molar-refractivity contribution is -0.133. The SMILES string of the molecule is CCn1nc(C)c2nc(SCC(=O)O)n(CCS(C)=O)c21. The predicted molar refractivity (Wildman–Crippen MR) is 83.2 cm³/mol. The van der Waals surface area contributed by atoms with Gasteiger partial charge in [0.05, 0.1) is 11.4 Å². The smallest absolute Gasteiger partial charge is 0.313 e. The summed E-state index contributed by atoms with van der Waals surface area (Å²) >= 11 is 1.18. The summed E-state index contributed by atoms with van der Waals surface area (Å²) in [7, 11) is -0.920. The molecule has 2 heterocycles. The van der Waals surface area contributed by atoms with Crippen LogP contribution in [-0.4, -0.2) is 52.4 Å². The van der Waals surface area contributed by atoms with E-state index >= 15 is 0 Å². The van der Waals surface area contributed by atoms with Crippen LogP contribution in [0.1, 0.15) is 12.6 Å². The lowest BCUT2D eigenvalue weighted by atomic mass is 10.4. The molecular weight excluding hydrogens is 312 g/mol. The molecule has 0 fully saturated rings. The minimum atomic E-state index is -0.920. The lowest BCUT2D eigenvalue weighted by Crippen LogP contribution is -2.12. The van der Waals surface area contributed by atoms with E-state index in [1.807, 2.05) is 23.1 Å². The average Bonchev–Trinajstić information content (AvgIpc) is 2.92. The van der Waals surface area contributed by atoms with Gasteiger partial charge in [-0.15, -0.1) is 0 Å². The first-order chi connectivity index (χ1) is 9.93. The fourth-order valence-corrected chi connectivity index (χ4v) is 3.26. The zero-order valence-electron chi connectivity index (χ0n) is 12.2. The third-order valence-electron chi connectivity index (χ3n) is 2.99. The van der Waals surface area contributed by atoms with Crippen molar-refractivity contribution < 1.29 is 14.1 Å². The monoisotopic (exact) mass is 330 g/mol. The number of nitrogens with zero attached hydrogens (tertiary/aromatic N) is 4. The molecule has 0 radical (unpaired) electrons. The van der Waals surface area contributed by atoms with Gasteiger partial charge in [-0.25, -0.2) is 9.67 Å². The molecule has 0 aliphatic heterocycles. The second kappa shape index (κ2) is 6.61. The van der Waals surface area contributed by atoms with E-state index in [9.17, 15) is 9.00 Å². The number of hydrogen-bond acceptors (Lipinski definition) is 5. The van der Waals surface area contributed by atoms with Gasteiger partial charge in [-0.2, -0.15) is 5.10 Å². The first-order valence-corrected chi connectivity index (χ1v) is 9.23. The van der Waals surface area contributed by atoms with Gasteiger partial charge in [-0.3, -0.25) is 9.00 Å². The molecule has 9 heteroatoms. The Morgan fingerprint density at radius 2 is 2.19 bits per heavy atom. The molecule has 0 spiro atoms. The van der Waals surface area contributed by atoms with Crippen molar-refractivity contribution in [2.45, 2.75) is 32.1 Å². The Hall–Kier alpha value is -1.35. The van der Waals surface area contributed by atoms with E-state index in [1.54, 1.807) is 6.26 Å². The molecule has 2 aromatic heterocycles. The number of aromatic nitrogens is 4. The van der Waals surface area contributed by atoms with Crippen LogP contribution in [0.3, 0.4) is 0 Å². The molecule has 7 nitrogen and oxygen atoms in total.